The number of benzene rings is 1. The molecule has 0 amide bonds. The first-order chi connectivity index (χ1) is 14.5. The number of hydrogen-bond acceptors (Lipinski definition) is 5. The molecule has 0 N–H and O–H groups in total. The average molecular weight is 467 g/mol. The maximum absolute atomic E-state index is 12.4. The molecule has 0 unspecified atom stereocenters. The molecule has 0 spiro atoms. The van der Waals surface area contributed by atoms with Crippen LogP contribution in [0.5, 0.6) is 0 Å². The van der Waals surface area contributed by atoms with Gasteiger partial charge in [0, 0.05) is 23.6 Å². The Hall–Kier alpha value is -3.72. The van der Waals surface area contributed by atoms with Crippen LogP contribution in [0.25, 0.3) is 11.8 Å². The minimum Gasteiger partial charge on any atom is -0.460 e. The van der Waals surface area contributed by atoms with Gasteiger partial charge in [0.2, 0.25) is 0 Å². The van der Waals surface area contributed by atoms with Crippen molar-refractivity contribution in [3.63, 3.8) is 0 Å². The molecular weight excluding hydrogens is 452 g/mol. The van der Waals surface area contributed by atoms with Gasteiger partial charge < -0.3 is 19.1 Å². The van der Waals surface area contributed by atoms with Gasteiger partial charge in [-0.05, 0) is 81.5 Å². The Morgan fingerprint density at radius 2 is 1.90 bits per heavy atom. The molecule has 0 aliphatic rings. The van der Waals surface area contributed by atoms with E-state index in [-0.39, 0.29) is 18.1 Å². The van der Waals surface area contributed by atoms with Gasteiger partial charge in [-0.1, -0.05) is 0 Å². The zero-order chi connectivity index (χ0) is 21.1. The van der Waals surface area contributed by atoms with E-state index in [2.05, 4.69) is 21.0 Å². The molecule has 0 saturated carbocycles. The third-order valence-corrected chi connectivity index (χ3v) is 4.89. The van der Waals surface area contributed by atoms with Crippen molar-refractivity contribution in [1.82, 2.24) is 14.3 Å². The Kier molecular flexibility index (Phi) is 5.44. The molecule has 8 nitrogen and oxygen atoms in total. The number of allylic oxidation sites excluding steroid dienone is 1. The second-order valence-electron chi connectivity index (χ2n) is 6.39. The Bertz CT molecular complexity index is 1220. The van der Waals surface area contributed by atoms with Crippen LogP contribution in [0.2, 0.25) is 0 Å². The molecule has 0 bridgehead atoms. The molecule has 0 aliphatic carbocycles. The van der Waals surface area contributed by atoms with Gasteiger partial charge in [0.1, 0.15) is 22.5 Å². The van der Waals surface area contributed by atoms with Crippen molar-refractivity contribution in [3.05, 3.63) is 105 Å². The minimum absolute atomic E-state index is 0.140. The van der Waals surface area contributed by atoms with E-state index in [1.807, 2.05) is 41.2 Å². The summed E-state index contributed by atoms with van der Waals surface area (Å²) in [4.78, 5) is 22.7. The molecule has 3 aromatic heterocycles. The number of hydrogen-bond donors (Lipinski definition) is 0. The summed E-state index contributed by atoms with van der Waals surface area (Å²) in [7, 11) is 0. The molecule has 1 aromatic carbocycles. The average Bonchev–Trinajstić information content (AvgIpc) is 3.48. The lowest BCUT2D eigenvalue weighted by Gasteiger charge is -2.03. The van der Waals surface area contributed by atoms with Crippen LogP contribution < -0.4 is 0 Å². The predicted octanol–water partition coefficient (Wildman–Crippen LogP) is 4.88. The zero-order valence-corrected chi connectivity index (χ0v) is 17.1. The number of rotatable bonds is 7. The molecule has 150 valence electrons. The van der Waals surface area contributed by atoms with Crippen molar-refractivity contribution in [3.8, 4) is 5.69 Å². The number of nitrogens with zero attached hydrogens (tertiary/aromatic N) is 4. The number of carbonyl (C=O) groups excluding carboxylic acids is 1. The van der Waals surface area contributed by atoms with E-state index in [1.54, 1.807) is 30.3 Å². The standard InChI is InChI=1S/C21H15BrN4O4/c22-19-14-25(23-21(19)26(28)29)13-18-8-7-17(30-18)9-10-20(27)15-3-5-16(6-4-15)24-11-1-2-12-24/h1-12,14H,13H2/b10-9+. The van der Waals surface area contributed by atoms with Gasteiger partial charge in [0.15, 0.2) is 5.78 Å². The number of carbonyl (C=O) groups is 1. The van der Waals surface area contributed by atoms with Gasteiger partial charge >= 0.3 is 5.82 Å². The van der Waals surface area contributed by atoms with Crippen molar-refractivity contribution in [2.75, 3.05) is 0 Å². The summed E-state index contributed by atoms with van der Waals surface area (Å²) < 4.78 is 9.33. The highest BCUT2D eigenvalue weighted by Gasteiger charge is 2.19. The fraction of sp³-hybridized carbons (Fsp3) is 0.0476. The number of ketones is 1. The second-order valence-corrected chi connectivity index (χ2v) is 7.25. The highest BCUT2D eigenvalue weighted by molar-refractivity contribution is 9.10. The van der Waals surface area contributed by atoms with Crippen molar-refractivity contribution >= 4 is 33.6 Å². The van der Waals surface area contributed by atoms with Crippen LogP contribution in [0.1, 0.15) is 21.9 Å². The van der Waals surface area contributed by atoms with Crippen LogP contribution in [-0.2, 0) is 6.54 Å². The van der Waals surface area contributed by atoms with Gasteiger partial charge in [-0.15, -0.1) is 0 Å². The Labute approximate surface area is 179 Å². The summed E-state index contributed by atoms with van der Waals surface area (Å²) in [5, 5.41) is 14.8. The van der Waals surface area contributed by atoms with Crippen molar-refractivity contribution < 1.29 is 14.1 Å². The van der Waals surface area contributed by atoms with Crippen molar-refractivity contribution in [1.29, 1.82) is 0 Å². The quantitative estimate of drug-likeness (QED) is 0.167. The second kappa shape index (κ2) is 8.34. The Balaban J connectivity index is 1.41. The topological polar surface area (TPSA) is 96.1 Å². The lowest BCUT2D eigenvalue weighted by molar-refractivity contribution is -0.390. The number of furan rings is 1. The van der Waals surface area contributed by atoms with Crippen LogP contribution in [0.3, 0.4) is 0 Å². The molecule has 3 heterocycles. The van der Waals surface area contributed by atoms with E-state index in [1.165, 1.54) is 17.0 Å². The van der Waals surface area contributed by atoms with Gasteiger partial charge in [0.25, 0.3) is 0 Å². The fourth-order valence-electron chi connectivity index (χ4n) is 2.88. The van der Waals surface area contributed by atoms with Gasteiger partial charge in [-0.25, -0.2) is 0 Å². The fourth-order valence-corrected chi connectivity index (χ4v) is 3.34. The largest absolute Gasteiger partial charge is 0.460 e. The summed E-state index contributed by atoms with van der Waals surface area (Å²) in [5.41, 5.74) is 1.55. The molecule has 0 atom stereocenters. The molecule has 30 heavy (non-hydrogen) atoms. The van der Waals surface area contributed by atoms with E-state index in [9.17, 15) is 14.9 Å². The molecule has 4 aromatic rings. The number of aromatic nitrogens is 3. The third kappa shape index (κ3) is 4.31. The summed E-state index contributed by atoms with van der Waals surface area (Å²) in [6.07, 6.45) is 8.42. The highest BCUT2D eigenvalue weighted by Crippen LogP contribution is 2.23. The van der Waals surface area contributed by atoms with Gasteiger partial charge in [0.05, 0.1) is 11.3 Å². The van der Waals surface area contributed by atoms with Gasteiger partial charge in [-0.2, -0.15) is 4.68 Å². The summed E-state index contributed by atoms with van der Waals surface area (Å²) in [6, 6.07) is 14.6. The normalized spacial score (nSPS) is 11.2. The van der Waals surface area contributed by atoms with Crippen LogP contribution in [0, 0.1) is 10.1 Å². The third-order valence-electron chi connectivity index (χ3n) is 4.33. The smallest absolute Gasteiger partial charge is 0.404 e. The van der Waals surface area contributed by atoms with E-state index >= 15 is 0 Å². The molecule has 9 heteroatoms. The van der Waals surface area contributed by atoms with Crippen LogP contribution in [0.15, 0.2) is 82.1 Å². The summed E-state index contributed by atoms with van der Waals surface area (Å²) >= 11 is 3.11. The molecule has 0 aliphatic heterocycles. The number of halogens is 1. The monoisotopic (exact) mass is 466 g/mol. The lowest BCUT2D eigenvalue weighted by atomic mass is 10.1. The van der Waals surface area contributed by atoms with Crippen molar-refractivity contribution in [2.45, 2.75) is 6.54 Å². The van der Waals surface area contributed by atoms with Gasteiger partial charge in [-0.3, -0.25) is 4.79 Å². The van der Waals surface area contributed by atoms with Crippen LogP contribution in [0.4, 0.5) is 5.82 Å². The van der Waals surface area contributed by atoms with E-state index in [0.717, 1.165) is 5.69 Å². The zero-order valence-electron chi connectivity index (χ0n) is 15.5. The highest BCUT2D eigenvalue weighted by atomic mass is 79.9. The SMILES string of the molecule is O=C(/C=C/c1ccc(Cn2cc(Br)c([N+](=O)[O-])n2)o1)c1ccc(-n2cccc2)cc1. The first kappa shape index (κ1) is 19.6. The van der Waals surface area contributed by atoms with Crippen molar-refractivity contribution in [2.24, 2.45) is 0 Å². The van der Waals surface area contributed by atoms with E-state index < -0.39 is 4.92 Å². The maximum atomic E-state index is 12.4. The van der Waals surface area contributed by atoms with E-state index in [4.69, 9.17) is 4.42 Å². The first-order valence-electron chi connectivity index (χ1n) is 8.91. The maximum Gasteiger partial charge on any atom is 0.404 e. The molecular formula is C21H15BrN4O4. The molecule has 0 radical (unpaired) electrons. The lowest BCUT2D eigenvalue weighted by Crippen LogP contribution is -2.00. The molecule has 0 saturated heterocycles. The Morgan fingerprint density at radius 3 is 2.57 bits per heavy atom. The summed E-state index contributed by atoms with van der Waals surface area (Å²) in [5.74, 6) is 0.666. The molecule has 0 fully saturated rings. The minimum atomic E-state index is -0.562. The molecule has 4 rings (SSSR count). The Morgan fingerprint density at radius 1 is 1.17 bits per heavy atom. The van der Waals surface area contributed by atoms with E-state index in [0.29, 0.717) is 21.6 Å². The van der Waals surface area contributed by atoms with Crippen LogP contribution in [-0.4, -0.2) is 25.1 Å². The predicted molar refractivity (Wildman–Crippen MR) is 114 cm³/mol. The van der Waals surface area contributed by atoms with Crippen LogP contribution >= 0.6 is 15.9 Å². The number of nitro groups is 1. The first-order valence-corrected chi connectivity index (χ1v) is 9.71. The summed E-state index contributed by atoms with van der Waals surface area (Å²) in [6.45, 7) is 0.231.